The Morgan fingerprint density at radius 3 is 2.78 bits per heavy atom. The molecule has 2 rings (SSSR count). The number of methoxy groups -OCH3 is 1. The van der Waals surface area contributed by atoms with E-state index in [1.54, 1.807) is 23.9 Å². The number of rotatable bonds is 7. The number of amides is 1. The number of carbonyl (C=O) groups excluding carboxylic acids is 1. The molecule has 0 fully saturated rings. The van der Waals surface area contributed by atoms with Gasteiger partial charge in [0, 0.05) is 12.7 Å². The number of para-hydroxylation sites is 2. The van der Waals surface area contributed by atoms with Gasteiger partial charge in [-0.15, -0.1) is 0 Å². The van der Waals surface area contributed by atoms with E-state index < -0.39 is 0 Å². The van der Waals surface area contributed by atoms with Gasteiger partial charge in [-0.2, -0.15) is 5.26 Å². The molecule has 5 heteroatoms. The van der Waals surface area contributed by atoms with Crippen molar-refractivity contribution < 1.29 is 9.53 Å². The second-order valence-corrected chi connectivity index (χ2v) is 5.19. The van der Waals surface area contributed by atoms with Crippen molar-refractivity contribution >= 4 is 5.91 Å². The molecule has 0 spiro atoms. The molecule has 0 aliphatic carbocycles. The zero-order chi connectivity index (χ0) is 16.7. The third-order valence-electron chi connectivity index (χ3n) is 3.63. The molecule has 0 aliphatic rings. The first-order valence-electron chi connectivity index (χ1n) is 7.76. The third kappa shape index (κ3) is 3.72. The molecule has 0 unspecified atom stereocenters. The van der Waals surface area contributed by atoms with E-state index in [-0.39, 0.29) is 5.91 Å². The molecule has 0 saturated carbocycles. The van der Waals surface area contributed by atoms with E-state index in [1.807, 2.05) is 24.3 Å². The zero-order valence-electron chi connectivity index (χ0n) is 13.5. The molecule has 0 radical (unpaired) electrons. The van der Waals surface area contributed by atoms with Crippen LogP contribution in [0.15, 0.2) is 36.5 Å². The van der Waals surface area contributed by atoms with Crippen molar-refractivity contribution in [2.75, 3.05) is 13.7 Å². The summed E-state index contributed by atoms with van der Waals surface area (Å²) >= 11 is 0. The van der Waals surface area contributed by atoms with E-state index in [0.29, 0.717) is 23.6 Å². The summed E-state index contributed by atoms with van der Waals surface area (Å²) < 4.78 is 7.06. The number of unbranched alkanes of at least 4 members (excludes halogenated alkanes) is 2. The lowest BCUT2D eigenvalue weighted by Gasteiger charge is -2.13. The molecule has 5 nitrogen and oxygen atoms in total. The summed E-state index contributed by atoms with van der Waals surface area (Å²) in [5.74, 6) is 0.404. The minimum absolute atomic E-state index is 0.242. The maximum atomic E-state index is 12.5. The van der Waals surface area contributed by atoms with Gasteiger partial charge in [-0.1, -0.05) is 31.9 Å². The maximum absolute atomic E-state index is 12.5. The predicted octanol–water partition coefficient (Wildman–Crippen LogP) is 3.28. The summed E-state index contributed by atoms with van der Waals surface area (Å²) in [5.41, 5.74) is 1.42. The number of benzene rings is 1. The first-order valence-corrected chi connectivity index (χ1v) is 7.76. The molecule has 0 atom stereocenters. The monoisotopic (exact) mass is 311 g/mol. The molecule has 1 N–H and O–H groups in total. The number of carbonyl (C=O) groups is 1. The first-order chi connectivity index (χ1) is 11.2. The smallest absolute Gasteiger partial charge is 0.269 e. The van der Waals surface area contributed by atoms with Gasteiger partial charge in [-0.3, -0.25) is 4.79 Å². The molecule has 0 aliphatic heterocycles. The van der Waals surface area contributed by atoms with Crippen LogP contribution in [0.5, 0.6) is 5.75 Å². The molecule has 23 heavy (non-hydrogen) atoms. The molecule has 1 aromatic carbocycles. The Hall–Kier alpha value is -2.74. The van der Waals surface area contributed by atoms with E-state index in [9.17, 15) is 10.1 Å². The lowest BCUT2D eigenvalue weighted by Crippen LogP contribution is -2.27. The fourth-order valence-corrected chi connectivity index (χ4v) is 2.44. The van der Waals surface area contributed by atoms with Crippen molar-refractivity contribution in [2.24, 2.45) is 0 Å². The molecule has 0 saturated heterocycles. The number of nitrogens with zero attached hydrogens (tertiary/aromatic N) is 2. The quantitative estimate of drug-likeness (QED) is 0.798. The van der Waals surface area contributed by atoms with Gasteiger partial charge in [0.25, 0.3) is 5.91 Å². The lowest BCUT2D eigenvalue weighted by molar-refractivity contribution is 0.0946. The average molecular weight is 311 g/mol. The third-order valence-corrected chi connectivity index (χ3v) is 3.63. The van der Waals surface area contributed by atoms with E-state index >= 15 is 0 Å². The van der Waals surface area contributed by atoms with Gasteiger partial charge in [0.15, 0.2) is 0 Å². The number of nitrogens with one attached hydrogen (secondary N) is 1. The zero-order valence-corrected chi connectivity index (χ0v) is 13.5. The van der Waals surface area contributed by atoms with Crippen molar-refractivity contribution in [1.29, 1.82) is 5.26 Å². The fourth-order valence-electron chi connectivity index (χ4n) is 2.44. The molecule has 1 heterocycles. The Labute approximate surface area is 136 Å². The van der Waals surface area contributed by atoms with Crippen LogP contribution in [0.3, 0.4) is 0 Å². The van der Waals surface area contributed by atoms with Crippen LogP contribution in [0.1, 0.15) is 42.2 Å². The van der Waals surface area contributed by atoms with Crippen molar-refractivity contribution in [2.45, 2.75) is 26.2 Å². The van der Waals surface area contributed by atoms with Gasteiger partial charge in [-0.05, 0) is 24.6 Å². The van der Waals surface area contributed by atoms with Crippen molar-refractivity contribution in [3.8, 4) is 17.5 Å². The van der Waals surface area contributed by atoms with Crippen LogP contribution in [0.4, 0.5) is 0 Å². The maximum Gasteiger partial charge on any atom is 0.269 e. The summed E-state index contributed by atoms with van der Waals surface area (Å²) in [6, 6.07) is 11.1. The van der Waals surface area contributed by atoms with Crippen molar-refractivity contribution in [3.05, 3.63) is 47.8 Å². The largest absolute Gasteiger partial charge is 0.495 e. The van der Waals surface area contributed by atoms with Gasteiger partial charge < -0.3 is 14.6 Å². The molecule has 1 amide bonds. The van der Waals surface area contributed by atoms with Gasteiger partial charge in [-0.25, -0.2) is 0 Å². The topological polar surface area (TPSA) is 67.0 Å². The van der Waals surface area contributed by atoms with E-state index in [2.05, 4.69) is 18.3 Å². The van der Waals surface area contributed by atoms with Crippen LogP contribution in [-0.2, 0) is 0 Å². The fraction of sp³-hybridized carbons (Fsp3) is 0.333. The molecular formula is C18H21N3O2. The minimum Gasteiger partial charge on any atom is -0.495 e. The average Bonchev–Trinajstić information content (AvgIpc) is 3.02. The standard InChI is InChI=1S/C18H21N3O2/c1-3-4-7-11-20-18(22)17-14(13-19)10-12-21(17)15-8-5-6-9-16(15)23-2/h5-6,8-10,12H,3-4,7,11H2,1-2H3,(H,20,22). The highest BCUT2D eigenvalue weighted by molar-refractivity contribution is 5.96. The van der Waals surface area contributed by atoms with E-state index in [4.69, 9.17) is 4.74 Å². The van der Waals surface area contributed by atoms with E-state index in [0.717, 1.165) is 24.9 Å². The van der Waals surface area contributed by atoms with Crippen LogP contribution in [0.25, 0.3) is 5.69 Å². The summed E-state index contributed by atoms with van der Waals surface area (Å²) in [7, 11) is 1.58. The summed E-state index contributed by atoms with van der Waals surface area (Å²) in [6.07, 6.45) is 4.81. The molecule has 1 aromatic heterocycles. The second-order valence-electron chi connectivity index (χ2n) is 5.19. The van der Waals surface area contributed by atoms with Crippen LogP contribution in [0.2, 0.25) is 0 Å². The number of ether oxygens (including phenoxy) is 1. The number of hydrogen-bond acceptors (Lipinski definition) is 3. The highest BCUT2D eigenvalue weighted by Gasteiger charge is 2.19. The Balaban J connectivity index is 2.34. The first kappa shape index (κ1) is 16.6. The van der Waals surface area contributed by atoms with E-state index in [1.165, 1.54) is 0 Å². The SMILES string of the molecule is CCCCCNC(=O)c1c(C#N)ccn1-c1ccccc1OC. The van der Waals surface area contributed by atoms with Gasteiger partial charge in [0.2, 0.25) is 0 Å². The summed E-state index contributed by atoms with van der Waals surface area (Å²) in [5, 5.41) is 12.2. The van der Waals surface area contributed by atoms with Crippen LogP contribution in [-0.4, -0.2) is 24.1 Å². The number of aromatic nitrogens is 1. The van der Waals surface area contributed by atoms with Crippen molar-refractivity contribution in [3.63, 3.8) is 0 Å². The van der Waals surface area contributed by atoms with Crippen LogP contribution in [0, 0.1) is 11.3 Å². The number of hydrogen-bond donors (Lipinski definition) is 1. The van der Waals surface area contributed by atoms with Crippen molar-refractivity contribution in [1.82, 2.24) is 9.88 Å². The normalized spacial score (nSPS) is 10.1. The Morgan fingerprint density at radius 2 is 2.09 bits per heavy atom. The Morgan fingerprint density at radius 1 is 1.30 bits per heavy atom. The van der Waals surface area contributed by atoms with Crippen LogP contribution < -0.4 is 10.1 Å². The lowest BCUT2D eigenvalue weighted by atomic mass is 10.2. The van der Waals surface area contributed by atoms with Gasteiger partial charge in [0.1, 0.15) is 17.5 Å². The molecular weight excluding hydrogens is 290 g/mol. The number of nitriles is 1. The molecule has 0 bridgehead atoms. The highest BCUT2D eigenvalue weighted by Crippen LogP contribution is 2.25. The Bertz CT molecular complexity index is 713. The summed E-state index contributed by atoms with van der Waals surface area (Å²) in [4.78, 5) is 12.5. The minimum atomic E-state index is -0.242. The molecule has 2 aromatic rings. The van der Waals surface area contributed by atoms with Gasteiger partial charge in [0.05, 0.1) is 18.4 Å². The van der Waals surface area contributed by atoms with Crippen LogP contribution >= 0.6 is 0 Å². The molecule has 120 valence electrons. The highest BCUT2D eigenvalue weighted by atomic mass is 16.5. The Kier molecular flexibility index (Phi) is 5.81. The second kappa shape index (κ2) is 8.04. The summed E-state index contributed by atoms with van der Waals surface area (Å²) in [6.45, 7) is 2.72. The van der Waals surface area contributed by atoms with Gasteiger partial charge >= 0.3 is 0 Å². The predicted molar refractivity (Wildman–Crippen MR) is 88.9 cm³/mol.